The van der Waals surface area contributed by atoms with E-state index in [1.54, 1.807) is 29.8 Å². The number of carbonyl (C=O) groups is 2. The van der Waals surface area contributed by atoms with Crippen LogP contribution in [0.15, 0.2) is 53.9 Å². The van der Waals surface area contributed by atoms with Gasteiger partial charge in [-0.1, -0.05) is 6.07 Å². The molecule has 2 heterocycles. The second-order valence-electron chi connectivity index (χ2n) is 6.05. The second-order valence-corrected chi connectivity index (χ2v) is 6.89. The molecule has 0 aliphatic rings. The predicted octanol–water partition coefficient (Wildman–Crippen LogP) is 3.64. The van der Waals surface area contributed by atoms with Crippen LogP contribution < -0.4 is 14.8 Å². The molecule has 0 saturated carbocycles. The van der Waals surface area contributed by atoms with Gasteiger partial charge in [0.2, 0.25) is 4.96 Å². The van der Waals surface area contributed by atoms with Crippen LogP contribution in [-0.4, -0.2) is 33.6 Å². The lowest BCUT2D eigenvalue weighted by Gasteiger charge is -2.04. The van der Waals surface area contributed by atoms with E-state index < -0.39 is 11.9 Å². The predicted molar refractivity (Wildman–Crippen MR) is 109 cm³/mol. The molecule has 0 aliphatic carbocycles. The first-order valence-corrected chi connectivity index (χ1v) is 9.50. The van der Waals surface area contributed by atoms with Crippen molar-refractivity contribution in [1.82, 2.24) is 14.6 Å². The Bertz CT molecular complexity index is 1200. The number of ether oxygens (including phenoxy) is 2. The van der Waals surface area contributed by atoms with E-state index in [2.05, 4.69) is 15.4 Å². The number of anilines is 1. The SMILES string of the molecule is COc1ccc(-c2csc3nc(NC(=O)c4cccc(OC(C)=O)c4)nn23)cc1. The van der Waals surface area contributed by atoms with Crippen LogP contribution in [-0.2, 0) is 4.79 Å². The number of hydrogen-bond donors (Lipinski definition) is 1. The highest BCUT2D eigenvalue weighted by Crippen LogP contribution is 2.27. The number of methoxy groups -OCH3 is 1. The van der Waals surface area contributed by atoms with Crippen LogP contribution in [0.3, 0.4) is 0 Å². The lowest BCUT2D eigenvalue weighted by atomic mass is 10.2. The summed E-state index contributed by atoms with van der Waals surface area (Å²) in [6, 6.07) is 13.9. The summed E-state index contributed by atoms with van der Waals surface area (Å²) in [5.41, 5.74) is 2.14. The summed E-state index contributed by atoms with van der Waals surface area (Å²) >= 11 is 1.42. The molecule has 4 rings (SSSR count). The van der Waals surface area contributed by atoms with Crippen molar-refractivity contribution in [1.29, 1.82) is 0 Å². The normalized spacial score (nSPS) is 10.7. The van der Waals surface area contributed by atoms with Crippen molar-refractivity contribution in [2.75, 3.05) is 12.4 Å². The minimum absolute atomic E-state index is 0.189. The fraction of sp³-hybridized carbons (Fsp3) is 0.100. The van der Waals surface area contributed by atoms with Gasteiger partial charge in [-0.3, -0.25) is 14.9 Å². The number of fused-ring (bicyclic) bond motifs is 1. The lowest BCUT2D eigenvalue weighted by molar-refractivity contribution is -0.131. The highest BCUT2D eigenvalue weighted by atomic mass is 32.1. The first-order chi connectivity index (χ1) is 14.0. The summed E-state index contributed by atoms with van der Waals surface area (Å²) in [5.74, 6) is 0.399. The number of rotatable bonds is 5. The number of benzene rings is 2. The van der Waals surface area contributed by atoms with Crippen molar-refractivity contribution in [3.63, 3.8) is 0 Å². The fourth-order valence-electron chi connectivity index (χ4n) is 2.73. The number of carbonyl (C=O) groups excluding carboxylic acids is 2. The molecule has 8 nitrogen and oxygen atoms in total. The average Bonchev–Trinajstić information content (AvgIpc) is 3.28. The summed E-state index contributed by atoms with van der Waals surface area (Å²) in [7, 11) is 1.62. The third kappa shape index (κ3) is 3.94. The minimum atomic E-state index is -0.454. The molecule has 0 radical (unpaired) electrons. The molecule has 0 unspecified atom stereocenters. The van der Waals surface area contributed by atoms with Crippen molar-refractivity contribution in [2.45, 2.75) is 6.92 Å². The summed E-state index contributed by atoms with van der Waals surface area (Å²) < 4.78 is 11.9. The molecule has 0 aliphatic heterocycles. The summed E-state index contributed by atoms with van der Waals surface area (Å²) in [6.45, 7) is 1.30. The van der Waals surface area contributed by atoms with Crippen molar-refractivity contribution >= 4 is 34.1 Å². The van der Waals surface area contributed by atoms with Gasteiger partial charge >= 0.3 is 5.97 Å². The Kier molecular flexibility index (Phi) is 4.96. The fourth-order valence-corrected chi connectivity index (χ4v) is 3.57. The lowest BCUT2D eigenvalue weighted by Crippen LogP contribution is -2.13. The van der Waals surface area contributed by atoms with Crippen LogP contribution in [0.4, 0.5) is 5.95 Å². The third-order valence-electron chi connectivity index (χ3n) is 4.05. The van der Waals surface area contributed by atoms with E-state index in [0.717, 1.165) is 17.0 Å². The Morgan fingerprint density at radius 1 is 1.10 bits per heavy atom. The number of nitrogens with zero attached hydrogens (tertiary/aromatic N) is 3. The van der Waals surface area contributed by atoms with E-state index in [-0.39, 0.29) is 5.95 Å². The summed E-state index contributed by atoms with van der Waals surface area (Å²) in [4.78, 5) is 28.6. The average molecular weight is 408 g/mol. The van der Waals surface area contributed by atoms with Gasteiger partial charge < -0.3 is 9.47 Å². The van der Waals surface area contributed by atoms with Crippen LogP contribution >= 0.6 is 11.3 Å². The first-order valence-electron chi connectivity index (χ1n) is 8.62. The van der Waals surface area contributed by atoms with Gasteiger partial charge in [-0.25, -0.2) is 4.52 Å². The van der Waals surface area contributed by atoms with Crippen molar-refractivity contribution < 1.29 is 19.1 Å². The number of amides is 1. The molecule has 0 bridgehead atoms. The van der Waals surface area contributed by atoms with Crippen molar-refractivity contribution in [2.24, 2.45) is 0 Å². The van der Waals surface area contributed by atoms with Gasteiger partial charge in [0.1, 0.15) is 11.5 Å². The van der Waals surface area contributed by atoms with Crippen LogP contribution in [0.5, 0.6) is 11.5 Å². The Morgan fingerprint density at radius 2 is 1.90 bits per heavy atom. The monoisotopic (exact) mass is 408 g/mol. The quantitative estimate of drug-likeness (QED) is 0.400. The molecule has 0 atom stereocenters. The standard InChI is InChI=1S/C20H16N4O4S/c1-12(25)28-16-5-3-4-14(10-16)18(26)21-19-22-20-24(23-19)17(11-29-20)13-6-8-15(27-2)9-7-13/h3-11H,1-2H3,(H,21,23,26). The van der Waals surface area contributed by atoms with E-state index >= 15 is 0 Å². The zero-order chi connectivity index (χ0) is 20.4. The summed E-state index contributed by atoms with van der Waals surface area (Å²) in [5, 5.41) is 9.02. The number of aromatic nitrogens is 3. The second kappa shape index (κ2) is 7.72. The van der Waals surface area contributed by atoms with E-state index in [0.29, 0.717) is 16.3 Å². The zero-order valence-electron chi connectivity index (χ0n) is 15.6. The molecular formula is C20H16N4O4S. The molecule has 1 N–H and O–H groups in total. The van der Waals surface area contributed by atoms with Gasteiger partial charge in [0.25, 0.3) is 11.9 Å². The van der Waals surface area contributed by atoms with Crippen molar-refractivity contribution in [3.05, 3.63) is 59.5 Å². The smallest absolute Gasteiger partial charge is 0.308 e. The molecule has 2 aromatic carbocycles. The molecule has 29 heavy (non-hydrogen) atoms. The van der Waals surface area contributed by atoms with Gasteiger partial charge in [-0.15, -0.1) is 16.4 Å². The van der Waals surface area contributed by atoms with Gasteiger partial charge in [0, 0.05) is 23.4 Å². The Balaban J connectivity index is 1.57. The van der Waals surface area contributed by atoms with E-state index in [1.807, 2.05) is 29.6 Å². The largest absolute Gasteiger partial charge is 0.497 e. The van der Waals surface area contributed by atoms with E-state index in [9.17, 15) is 9.59 Å². The molecule has 0 saturated heterocycles. The number of nitrogens with one attached hydrogen (secondary N) is 1. The maximum atomic E-state index is 12.5. The van der Waals surface area contributed by atoms with Gasteiger partial charge in [0.05, 0.1) is 12.8 Å². The van der Waals surface area contributed by atoms with Crippen LogP contribution in [0.2, 0.25) is 0 Å². The van der Waals surface area contributed by atoms with Crippen LogP contribution in [0.1, 0.15) is 17.3 Å². The highest BCUT2D eigenvalue weighted by molar-refractivity contribution is 7.15. The molecule has 4 aromatic rings. The molecular weight excluding hydrogens is 392 g/mol. The van der Waals surface area contributed by atoms with Crippen LogP contribution in [0.25, 0.3) is 16.2 Å². The molecule has 0 spiro atoms. The molecule has 9 heteroatoms. The number of hydrogen-bond acceptors (Lipinski definition) is 7. The van der Waals surface area contributed by atoms with Gasteiger partial charge in [-0.05, 0) is 42.5 Å². The Hall–Kier alpha value is -3.72. The minimum Gasteiger partial charge on any atom is -0.497 e. The first kappa shape index (κ1) is 18.6. The van der Waals surface area contributed by atoms with Gasteiger partial charge in [-0.2, -0.15) is 4.98 Å². The van der Waals surface area contributed by atoms with Gasteiger partial charge in [0.15, 0.2) is 0 Å². The van der Waals surface area contributed by atoms with E-state index in [4.69, 9.17) is 9.47 Å². The Morgan fingerprint density at radius 3 is 2.62 bits per heavy atom. The molecule has 146 valence electrons. The van der Waals surface area contributed by atoms with Crippen molar-refractivity contribution in [3.8, 4) is 22.8 Å². The summed E-state index contributed by atoms with van der Waals surface area (Å²) in [6.07, 6.45) is 0. The van der Waals surface area contributed by atoms with Crippen LogP contribution in [0, 0.1) is 0 Å². The molecule has 2 aromatic heterocycles. The number of thiazole rings is 1. The topological polar surface area (TPSA) is 94.8 Å². The molecule has 1 amide bonds. The molecule has 0 fully saturated rings. The maximum Gasteiger partial charge on any atom is 0.308 e. The highest BCUT2D eigenvalue weighted by Gasteiger charge is 2.15. The maximum absolute atomic E-state index is 12.5. The zero-order valence-corrected chi connectivity index (χ0v) is 16.4. The Labute approximate surface area is 169 Å². The number of esters is 1. The van der Waals surface area contributed by atoms with E-state index in [1.165, 1.54) is 24.3 Å². The third-order valence-corrected chi connectivity index (χ3v) is 4.87.